The number of carbonyl (C=O) groups is 1. The van der Waals surface area contributed by atoms with Gasteiger partial charge in [0, 0.05) is 11.1 Å². The van der Waals surface area contributed by atoms with Crippen molar-refractivity contribution in [2.45, 2.75) is 0 Å². The van der Waals surface area contributed by atoms with Gasteiger partial charge in [0.15, 0.2) is 11.5 Å². The maximum atomic E-state index is 12.6. The van der Waals surface area contributed by atoms with Crippen LogP contribution in [-0.4, -0.2) is 12.7 Å². The Labute approximate surface area is 160 Å². The number of hydrogen-bond donors (Lipinski definition) is 1. The van der Waals surface area contributed by atoms with E-state index in [4.69, 9.17) is 21.1 Å². The van der Waals surface area contributed by atoms with E-state index in [-0.39, 0.29) is 12.4 Å². The number of carbonyl (C=O) groups excluding carboxylic acids is 1. The Hall–Kier alpha value is -3.49. The highest BCUT2D eigenvalue weighted by Gasteiger charge is 2.19. The van der Waals surface area contributed by atoms with E-state index in [1.165, 1.54) is 6.08 Å². The first-order chi connectivity index (χ1) is 13.2. The zero-order valence-corrected chi connectivity index (χ0v) is 14.8. The highest BCUT2D eigenvalue weighted by Crippen LogP contribution is 2.40. The van der Waals surface area contributed by atoms with Gasteiger partial charge in [-0.05, 0) is 35.2 Å². The second-order valence-electron chi connectivity index (χ2n) is 5.89. The molecule has 1 aliphatic rings. The summed E-state index contributed by atoms with van der Waals surface area (Å²) in [4.78, 5) is 12.6. The molecule has 0 aromatic heterocycles. The van der Waals surface area contributed by atoms with Gasteiger partial charge in [0.1, 0.15) is 11.6 Å². The lowest BCUT2D eigenvalue weighted by atomic mass is 10.1. The van der Waals surface area contributed by atoms with E-state index >= 15 is 0 Å². The molecule has 1 heterocycles. The van der Waals surface area contributed by atoms with Crippen LogP contribution in [0.15, 0.2) is 60.2 Å². The van der Waals surface area contributed by atoms with Gasteiger partial charge in [0.2, 0.25) is 6.79 Å². The van der Waals surface area contributed by atoms with Crippen LogP contribution in [-0.2, 0) is 4.79 Å². The van der Waals surface area contributed by atoms with Gasteiger partial charge in [-0.2, -0.15) is 5.26 Å². The van der Waals surface area contributed by atoms with Crippen LogP contribution in [0.2, 0.25) is 5.02 Å². The number of amides is 1. The number of ether oxygens (including phenoxy) is 2. The minimum Gasteiger partial charge on any atom is -0.454 e. The van der Waals surface area contributed by atoms with Crippen molar-refractivity contribution in [1.29, 1.82) is 5.26 Å². The summed E-state index contributed by atoms with van der Waals surface area (Å²) in [7, 11) is 0. The average molecular weight is 377 g/mol. The van der Waals surface area contributed by atoms with Crippen LogP contribution in [0.1, 0.15) is 5.56 Å². The summed E-state index contributed by atoms with van der Waals surface area (Å²) in [6, 6.07) is 18.5. The zero-order valence-electron chi connectivity index (χ0n) is 14.0. The molecule has 1 amide bonds. The summed E-state index contributed by atoms with van der Waals surface area (Å²) in [5, 5.41) is 14.5. The molecular weight excluding hydrogens is 364 g/mol. The Bertz CT molecular complexity index is 1130. The molecule has 0 bridgehead atoms. The molecule has 3 aromatic rings. The number of nitriles is 1. The fourth-order valence-corrected chi connectivity index (χ4v) is 3.18. The molecule has 0 atom stereocenters. The Balaban J connectivity index is 1.65. The van der Waals surface area contributed by atoms with Crippen LogP contribution in [0.5, 0.6) is 11.5 Å². The zero-order chi connectivity index (χ0) is 18.8. The number of nitrogens with zero attached hydrogens (tertiary/aromatic N) is 1. The largest absolute Gasteiger partial charge is 0.454 e. The summed E-state index contributed by atoms with van der Waals surface area (Å²) >= 11 is 6.16. The number of hydrogen-bond acceptors (Lipinski definition) is 4. The van der Waals surface area contributed by atoms with Gasteiger partial charge in [-0.25, -0.2) is 0 Å². The summed E-state index contributed by atoms with van der Waals surface area (Å²) in [5.41, 5.74) is 1.18. The molecule has 0 aliphatic carbocycles. The molecule has 0 fully saturated rings. The Morgan fingerprint density at radius 2 is 1.96 bits per heavy atom. The SMILES string of the molecule is N#C/C(=C\c1cc(Cl)c2c(c1)OCO2)C(=O)Nc1cccc2ccccc12. The lowest BCUT2D eigenvalue weighted by molar-refractivity contribution is -0.112. The van der Waals surface area contributed by atoms with E-state index < -0.39 is 5.91 Å². The third-order valence-electron chi connectivity index (χ3n) is 4.16. The molecule has 132 valence electrons. The van der Waals surface area contributed by atoms with Crippen LogP contribution < -0.4 is 14.8 Å². The number of rotatable bonds is 3. The molecule has 6 heteroatoms. The maximum Gasteiger partial charge on any atom is 0.266 e. The number of nitrogens with one attached hydrogen (secondary N) is 1. The summed E-state index contributed by atoms with van der Waals surface area (Å²) in [6.45, 7) is 0.0922. The van der Waals surface area contributed by atoms with Crippen LogP contribution in [0.25, 0.3) is 16.8 Å². The van der Waals surface area contributed by atoms with Crippen LogP contribution in [0, 0.1) is 11.3 Å². The number of halogens is 1. The number of anilines is 1. The van der Waals surface area contributed by atoms with E-state index in [0.29, 0.717) is 27.8 Å². The highest BCUT2D eigenvalue weighted by atomic mass is 35.5. The van der Waals surface area contributed by atoms with E-state index in [1.54, 1.807) is 18.2 Å². The third-order valence-corrected chi connectivity index (χ3v) is 4.44. The topological polar surface area (TPSA) is 71.3 Å². The van der Waals surface area contributed by atoms with Crippen molar-refractivity contribution >= 4 is 40.0 Å². The first kappa shape index (κ1) is 17.0. The molecule has 0 spiro atoms. The van der Waals surface area contributed by atoms with E-state index in [1.807, 2.05) is 42.5 Å². The molecule has 3 aromatic carbocycles. The van der Waals surface area contributed by atoms with Crippen molar-refractivity contribution < 1.29 is 14.3 Å². The van der Waals surface area contributed by atoms with Crippen molar-refractivity contribution in [3.8, 4) is 17.6 Å². The van der Waals surface area contributed by atoms with Crippen LogP contribution in [0.3, 0.4) is 0 Å². The molecule has 4 rings (SSSR count). The molecule has 0 saturated heterocycles. The van der Waals surface area contributed by atoms with Crippen molar-refractivity contribution in [2.75, 3.05) is 12.1 Å². The molecule has 1 N–H and O–H groups in total. The van der Waals surface area contributed by atoms with Gasteiger partial charge < -0.3 is 14.8 Å². The number of fused-ring (bicyclic) bond motifs is 2. The predicted octanol–water partition coefficient (Wildman–Crippen LogP) is 4.77. The van der Waals surface area contributed by atoms with Crippen molar-refractivity contribution in [2.24, 2.45) is 0 Å². The Kier molecular flexibility index (Phi) is 4.41. The summed E-state index contributed by atoms with van der Waals surface area (Å²) in [6.07, 6.45) is 1.47. The Morgan fingerprint density at radius 3 is 2.81 bits per heavy atom. The quantitative estimate of drug-likeness (QED) is 0.528. The van der Waals surface area contributed by atoms with Gasteiger partial charge in [-0.15, -0.1) is 0 Å². The minimum atomic E-state index is -0.498. The molecule has 0 saturated carbocycles. The molecule has 27 heavy (non-hydrogen) atoms. The second kappa shape index (κ2) is 7.02. The Morgan fingerprint density at radius 1 is 1.15 bits per heavy atom. The molecule has 5 nitrogen and oxygen atoms in total. The monoisotopic (exact) mass is 376 g/mol. The van der Waals surface area contributed by atoms with Crippen LogP contribution in [0.4, 0.5) is 5.69 Å². The average Bonchev–Trinajstić information content (AvgIpc) is 3.15. The molecule has 0 radical (unpaired) electrons. The number of benzene rings is 3. The van der Waals surface area contributed by atoms with Gasteiger partial charge in [0.25, 0.3) is 5.91 Å². The van der Waals surface area contributed by atoms with E-state index in [2.05, 4.69) is 5.32 Å². The summed E-state index contributed by atoms with van der Waals surface area (Å²) < 4.78 is 10.6. The molecule has 1 aliphatic heterocycles. The fraction of sp³-hybridized carbons (Fsp3) is 0.0476. The minimum absolute atomic E-state index is 0.0436. The van der Waals surface area contributed by atoms with Crippen molar-refractivity contribution in [3.05, 3.63) is 70.8 Å². The van der Waals surface area contributed by atoms with E-state index in [9.17, 15) is 10.1 Å². The third kappa shape index (κ3) is 3.31. The van der Waals surface area contributed by atoms with Gasteiger partial charge >= 0.3 is 0 Å². The van der Waals surface area contributed by atoms with Crippen molar-refractivity contribution in [1.82, 2.24) is 0 Å². The lowest BCUT2D eigenvalue weighted by Gasteiger charge is -2.08. The van der Waals surface area contributed by atoms with Crippen LogP contribution >= 0.6 is 11.6 Å². The van der Waals surface area contributed by atoms with Gasteiger partial charge in [0.05, 0.1) is 5.02 Å². The fourth-order valence-electron chi connectivity index (χ4n) is 2.91. The normalized spacial score (nSPS) is 12.7. The predicted molar refractivity (Wildman–Crippen MR) is 104 cm³/mol. The van der Waals surface area contributed by atoms with Crippen molar-refractivity contribution in [3.63, 3.8) is 0 Å². The maximum absolute atomic E-state index is 12.6. The molecular formula is C21H13ClN2O3. The van der Waals surface area contributed by atoms with E-state index in [0.717, 1.165) is 10.8 Å². The van der Waals surface area contributed by atoms with Gasteiger partial charge in [-0.1, -0.05) is 48.0 Å². The highest BCUT2D eigenvalue weighted by molar-refractivity contribution is 6.32. The smallest absolute Gasteiger partial charge is 0.266 e. The first-order valence-electron chi connectivity index (χ1n) is 8.16. The lowest BCUT2D eigenvalue weighted by Crippen LogP contribution is -2.13. The molecule has 0 unspecified atom stereocenters. The standard InChI is InChI=1S/C21H13ClN2O3/c22-17-9-13(10-19-20(17)27-12-26-19)8-15(11-23)21(25)24-18-7-3-5-14-4-1-2-6-16(14)18/h1-10H,12H2,(H,24,25)/b15-8+. The summed E-state index contributed by atoms with van der Waals surface area (Å²) in [5.74, 6) is 0.454. The van der Waals surface area contributed by atoms with Gasteiger partial charge in [-0.3, -0.25) is 4.79 Å². The second-order valence-corrected chi connectivity index (χ2v) is 6.29. The first-order valence-corrected chi connectivity index (χ1v) is 8.53.